The highest BCUT2D eigenvalue weighted by Gasteiger charge is 2.41. The van der Waals surface area contributed by atoms with Crippen LogP contribution in [-0.2, 0) is 6.18 Å². The molecule has 9 heteroatoms. The van der Waals surface area contributed by atoms with Gasteiger partial charge in [-0.3, -0.25) is 0 Å². The SMILES string of the molecule is C=C(N[C@H](C)c1ccc(OCC(F)(F)F)nc1)[C@@H]1C[C@H]1c1ccc(C(F)(F)F)cc1. The van der Waals surface area contributed by atoms with Crippen molar-refractivity contribution in [3.05, 3.63) is 71.6 Å². The summed E-state index contributed by atoms with van der Waals surface area (Å²) in [5, 5.41) is 3.23. The molecule has 162 valence electrons. The van der Waals surface area contributed by atoms with Crippen molar-refractivity contribution in [2.75, 3.05) is 6.61 Å². The highest BCUT2D eigenvalue weighted by molar-refractivity contribution is 5.34. The van der Waals surface area contributed by atoms with Gasteiger partial charge in [0.05, 0.1) is 5.56 Å². The number of benzene rings is 1. The first kappa shape index (κ1) is 22.0. The Morgan fingerprint density at radius 1 is 1.13 bits per heavy atom. The zero-order valence-electron chi connectivity index (χ0n) is 16.0. The molecule has 1 N–H and O–H groups in total. The van der Waals surface area contributed by atoms with Crippen molar-refractivity contribution in [2.45, 2.75) is 37.7 Å². The first-order chi connectivity index (χ1) is 13.9. The molecule has 0 spiro atoms. The second-order valence-electron chi connectivity index (χ2n) is 7.29. The average Bonchev–Trinajstić information content (AvgIpc) is 3.46. The Labute approximate surface area is 169 Å². The van der Waals surface area contributed by atoms with Crippen molar-refractivity contribution >= 4 is 0 Å². The summed E-state index contributed by atoms with van der Waals surface area (Å²) in [6.45, 7) is 4.48. The molecular formula is C21H20F6N2O. The van der Waals surface area contributed by atoms with Crippen LogP contribution in [0.2, 0.25) is 0 Å². The number of aromatic nitrogens is 1. The highest BCUT2D eigenvalue weighted by Crippen LogP contribution is 2.51. The summed E-state index contributed by atoms with van der Waals surface area (Å²) < 4.78 is 79.2. The van der Waals surface area contributed by atoms with Gasteiger partial charge >= 0.3 is 12.4 Å². The van der Waals surface area contributed by atoms with Crippen LogP contribution in [-0.4, -0.2) is 17.8 Å². The molecule has 1 aromatic heterocycles. The van der Waals surface area contributed by atoms with Crippen LogP contribution >= 0.6 is 0 Å². The average molecular weight is 430 g/mol. The number of halogens is 6. The van der Waals surface area contributed by atoms with Crippen molar-refractivity contribution in [2.24, 2.45) is 5.92 Å². The fraction of sp³-hybridized carbons (Fsp3) is 0.381. The minimum Gasteiger partial charge on any atom is -0.468 e. The maximum absolute atomic E-state index is 12.7. The van der Waals surface area contributed by atoms with Gasteiger partial charge in [0.25, 0.3) is 0 Å². The molecule has 0 bridgehead atoms. The Morgan fingerprint density at radius 3 is 2.33 bits per heavy atom. The third-order valence-electron chi connectivity index (χ3n) is 4.95. The number of ether oxygens (including phenoxy) is 1. The highest BCUT2D eigenvalue weighted by atomic mass is 19.4. The Bertz CT molecular complexity index is 874. The van der Waals surface area contributed by atoms with Gasteiger partial charge in [0.2, 0.25) is 5.88 Å². The van der Waals surface area contributed by atoms with Crippen LogP contribution in [0.1, 0.15) is 42.0 Å². The monoisotopic (exact) mass is 430 g/mol. The summed E-state index contributed by atoms with van der Waals surface area (Å²) >= 11 is 0. The van der Waals surface area contributed by atoms with Crippen LogP contribution in [0.5, 0.6) is 5.88 Å². The largest absolute Gasteiger partial charge is 0.468 e. The van der Waals surface area contributed by atoms with Gasteiger partial charge in [-0.2, -0.15) is 26.3 Å². The molecule has 0 aliphatic heterocycles. The van der Waals surface area contributed by atoms with Crippen LogP contribution < -0.4 is 10.1 Å². The second-order valence-corrected chi connectivity index (χ2v) is 7.29. The molecule has 3 rings (SSSR count). The van der Waals surface area contributed by atoms with Crippen molar-refractivity contribution < 1.29 is 31.1 Å². The van der Waals surface area contributed by atoms with Crippen LogP contribution in [0.3, 0.4) is 0 Å². The zero-order valence-corrected chi connectivity index (χ0v) is 16.0. The Morgan fingerprint density at radius 2 is 1.80 bits per heavy atom. The van der Waals surface area contributed by atoms with Crippen LogP contribution in [0.4, 0.5) is 26.3 Å². The predicted octanol–water partition coefficient (Wildman–Crippen LogP) is 6.01. The molecule has 0 radical (unpaired) electrons. The van der Waals surface area contributed by atoms with Crippen molar-refractivity contribution in [3.63, 3.8) is 0 Å². The van der Waals surface area contributed by atoms with Crippen molar-refractivity contribution in [1.29, 1.82) is 0 Å². The Hall–Kier alpha value is -2.71. The number of allylic oxidation sites excluding steroid dienone is 1. The van der Waals surface area contributed by atoms with E-state index in [1.54, 1.807) is 6.07 Å². The molecule has 1 aliphatic carbocycles. The molecule has 0 amide bonds. The zero-order chi connectivity index (χ0) is 22.1. The van der Waals surface area contributed by atoms with Crippen LogP contribution in [0.25, 0.3) is 0 Å². The lowest BCUT2D eigenvalue weighted by Gasteiger charge is -2.18. The van der Waals surface area contributed by atoms with Gasteiger partial charge in [-0.05, 0) is 42.5 Å². The lowest BCUT2D eigenvalue weighted by molar-refractivity contribution is -0.154. The van der Waals surface area contributed by atoms with Gasteiger partial charge < -0.3 is 10.1 Å². The van der Waals surface area contributed by atoms with Crippen molar-refractivity contribution in [1.82, 2.24) is 10.3 Å². The maximum atomic E-state index is 12.7. The third-order valence-corrected chi connectivity index (χ3v) is 4.95. The summed E-state index contributed by atoms with van der Waals surface area (Å²) in [5.74, 6) is 0.0916. The molecule has 30 heavy (non-hydrogen) atoms. The number of hydrogen-bond acceptors (Lipinski definition) is 3. The lowest BCUT2D eigenvalue weighted by Crippen LogP contribution is -2.20. The third kappa shape index (κ3) is 5.67. The predicted molar refractivity (Wildman–Crippen MR) is 98.8 cm³/mol. The van der Waals surface area contributed by atoms with Crippen molar-refractivity contribution in [3.8, 4) is 5.88 Å². The van der Waals surface area contributed by atoms with Gasteiger partial charge in [-0.1, -0.05) is 24.8 Å². The fourth-order valence-corrected chi connectivity index (χ4v) is 3.23. The van der Waals surface area contributed by atoms with E-state index in [1.165, 1.54) is 24.4 Å². The van der Waals surface area contributed by atoms with E-state index in [0.29, 0.717) is 0 Å². The molecule has 1 heterocycles. The molecule has 3 nitrogen and oxygen atoms in total. The normalized spacial score (nSPS) is 19.8. The van der Waals surface area contributed by atoms with E-state index in [9.17, 15) is 26.3 Å². The van der Waals surface area contributed by atoms with E-state index < -0.39 is 24.5 Å². The minimum absolute atomic E-state index is 0.103. The number of nitrogens with one attached hydrogen (secondary N) is 1. The summed E-state index contributed by atoms with van der Waals surface area (Å²) in [4.78, 5) is 3.88. The molecule has 1 aliphatic rings. The number of rotatable bonds is 7. The number of alkyl halides is 6. The quantitative estimate of drug-likeness (QED) is 0.547. The van der Waals surface area contributed by atoms with E-state index in [1.807, 2.05) is 6.92 Å². The number of pyridine rings is 1. The molecule has 1 aromatic carbocycles. The number of hydrogen-bond donors (Lipinski definition) is 1. The van der Waals surface area contributed by atoms with Gasteiger partial charge in [-0.25, -0.2) is 4.98 Å². The smallest absolute Gasteiger partial charge is 0.422 e. The van der Waals surface area contributed by atoms with E-state index in [4.69, 9.17) is 0 Å². The van der Waals surface area contributed by atoms with Gasteiger partial charge in [0.1, 0.15) is 0 Å². The first-order valence-electron chi connectivity index (χ1n) is 9.22. The van der Waals surface area contributed by atoms with Gasteiger partial charge in [0, 0.05) is 29.9 Å². The summed E-state index contributed by atoms with van der Waals surface area (Å²) in [6.07, 6.45) is -6.58. The molecule has 0 saturated heterocycles. The van der Waals surface area contributed by atoms with Crippen LogP contribution in [0, 0.1) is 5.92 Å². The fourth-order valence-electron chi connectivity index (χ4n) is 3.23. The van der Waals surface area contributed by atoms with E-state index in [0.717, 1.165) is 35.4 Å². The summed E-state index contributed by atoms with van der Waals surface area (Å²) in [5.41, 5.74) is 1.65. The van der Waals surface area contributed by atoms with E-state index in [-0.39, 0.29) is 23.8 Å². The van der Waals surface area contributed by atoms with E-state index >= 15 is 0 Å². The maximum Gasteiger partial charge on any atom is 0.422 e. The second kappa shape index (κ2) is 8.20. The van der Waals surface area contributed by atoms with Crippen LogP contribution in [0.15, 0.2) is 54.9 Å². The van der Waals surface area contributed by atoms with Gasteiger partial charge in [-0.15, -0.1) is 0 Å². The number of nitrogens with zero attached hydrogens (tertiary/aromatic N) is 1. The molecule has 3 atom stereocenters. The topological polar surface area (TPSA) is 34.1 Å². The summed E-state index contributed by atoms with van der Waals surface area (Å²) in [7, 11) is 0. The first-order valence-corrected chi connectivity index (χ1v) is 9.22. The van der Waals surface area contributed by atoms with E-state index in [2.05, 4.69) is 21.6 Å². The molecule has 2 aromatic rings. The lowest BCUT2D eigenvalue weighted by atomic mass is 10.0. The standard InChI is InChI=1S/C21H20F6N2O/c1-12(15-5-8-19(28-10-15)30-11-20(22,23)24)29-13(2)17-9-18(17)14-3-6-16(7-4-14)21(25,26)27/h3-8,10,12,17-18,29H,2,9,11H2,1H3/t12-,17+,18+/m1/s1. The molecule has 1 fully saturated rings. The minimum atomic E-state index is -4.43. The van der Waals surface area contributed by atoms with Gasteiger partial charge in [0.15, 0.2) is 6.61 Å². The molecule has 1 saturated carbocycles. The Kier molecular flexibility index (Phi) is 6.01. The Balaban J connectivity index is 1.53. The molecule has 0 unspecified atom stereocenters. The summed E-state index contributed by atoms with van der Waals surface area (Å²) in [6, 6.07) is 7.93. The molecular weight excluding hydrogens is 410 g/mol.